The van der Waals surface area contributed by atoms with E-state index in [1.807, 2.05) is 18.2 Å². The molecule has 0 spiro atoms. The van der Waals surface area contributed by atoms with E-state index in [0.717, 1.165) is 12.1 Å². The Morgan fingerprint density at radius 3 is 2.86 bits per heavy atom. The van der Waals surface area contributed by atoms with Gasteiger partial charge in [-0.3, -0.25) is 4.79 Å². The van der Waals surface area contributed by atoms with E-state index >= 15 is 0 Å². The molecule has 0 radical (unpaired) electrons. The molecule has 108 valence electrons. The van der Waals surface area contributed by atoms with Crippen LogP contribution < -0.4 is 10.6 Å². The van der Waals surface area contributed by atoms with Gasteiger partial charge in [-0.1, -0.05) is 25.1 Å². The first-order valence-corrected chi connectivity index (χ1v) is 7.04. The van der Waals surface area contributed by atoms with Crippen molar-refractivity contribution in [2.24, 2.45) is 5.92 Å². The van der Waals surface area contributed by atoms with Gasteiger partial charge in [-0.2, -0.15) is 0 Å². The van der Waals surface area contributed by atoms with Gasteiger partial charge in [-0.25, -0.2) is 0 Å². The highest BCUT2D eigenvalue weighted by Gasteiger charge is 2.27. The second kappa shape index (κ2) is 5.13. The van der Waals surface area contributed by atoms with Crippen molar-refractivity contribution in [1.29, 1.82) is 0 Å². The number of amides is 1. The molecule has 0 saturated carbocycles. The van der Waals surface area contributed by atoms with Crippen LogP contribution in [0.3, 0.4) is 0 Å². The molecule has 1 heterocycles. The van der Waals surface area contributed by atoms with Crippen LogP contribution in [0.15, 0.2) is 42.5 Å². The zero-order valence-electron chi connectivity index (χ0n) is 11.9. The number of benzene rings is 2. The van der Waals surface area contributed by atoms with Gasteiger partial charge >= 0.3 is 0 Å². The Kier molecular flexibility index (Phi) is 3.29. The van der Waals surface area contributed by atoms with Gasteiger partial charge in [0.1, 0.15) is 5.75 Å². The second-order valence-electron chi connectivity index (χ2n) is 5.63. The zero-order chi connectivity index (χ0) is 15.0. The van der Waals surface area contributed by atoms with Crippen molar-refractivity contribution in [3.05, 3.63) is 53.6 Å². The van der Waals surface area contributed by atoms with Crippen molar-refractivity contribution in [2.75, 3.05) is 17.2 Å². The molecule has 2 aromatic rings. The van der Waals surface area contributed by atoms with E-state index in [9.17, 15) is 9.90 Å². The van der Waals surface area contributed by atoms with Crippen molar-refractivity contribution in [3.63, 3.8) is 0 Å². The van der Waals surface area contributed by atoms with Crippen LogP contribution >= 0.6 is 0 Å². The predicted octanol–water partition coefficient (Wildman–Crippen LogP) is 2.81. The maximum absolute atomic E-state index is 12.8. The van der Waals surface area contributed by atoms with Gasteiger partial charge in [-0.05, 0) is 42.2 Å². The minimum Gasteiger partial charge on any atom is -0.508 e. The average molecular weight is 282 g/mol. The van der Waals surface area contributed by atoms with E-state index in [0.29, 0.717) is 23.7 Å². The van der Waals surface area contributed by atoms with Crippen LogP contribution in [0, 0.1) is 5.92 Å². The summed E-state index contributed by atoms with van der Waals surface area (Å²) in [7, 11) is 0. The summed E-state index contributed by atoms with van der Waals surface area (Å²) < 4.78 is 0. The van der Waals surface area contributed by atoms with E-state index in [1.165, 1.54) is 17.7 Å². The fourth-order valence-corrected chi connectivity index (χ4v) is 2.86. The number of phenols is 1. The Morgan fingerprint density at radius 2 is 2.05 bits per heavy atom. The summed E-state index contributed by atoms with van der Waals surface area (Å²) in [6.07, 6.45) is 0.968. The lowest BCUT2D eigenvalue weighted by Gasteiger charge is -2.33. The van der Waals surface area contributed by atoms with Crippen LogP contribution in [0.1, 0.15) is 22.8 Å². The third kappa shape index (κ3) is 2.44. The third-order valence-corrected chi connectivity index (χ3v) is 3.86. The standard InChI is InChI=1S/C17H18N2O2/c1-11-8-12-4-2-3-5-16(12)19(10-11)17(21)14-9-13(20)6-7-15(14)18/h2-7,9,11,20H,8,10,18H2,1H3. The first-order chi connectivity index (χ1) is 10.1. The number of nitrogen functional groups attached to an aromatic ring is 1. The first-order valence-electron chi connectivity index (χ1n) is 7.04. The normalized spacial score (nSPS) is 17.4. The molecule has 3 rings (SSSR count). The number of anilines is 2. The average Bonchev–Trinajstić information content (AvgIpc) is 2.48. The van der Waals surface area contributed by atoms with E-state index < -0.39 is 0 Å². The molecule has 0 aliphatic carbocycles. The number of nitrogens with zero attached hydrogens (tertiary/aromatic N) is 1. The van der Waals surface area contributed by atoms with Crippen LogP contribution in [0.4, 0.5) is 11.4 Å². The van der Waals surface area contributed by atoms with Gasteiger partial charge in [0.05, 0.1) is 5.56 Å². The number of phenolic OH excluding ortho intramolecular Hbond substituents is 1. The van der Waals surface area contributed by atoms with Crippen LogP contribution in [-0.4, -0.2) is 17.6 Å². The van der Waals surface area contributed by atoms with Gasteiger partial charge in [0.15, 0.2) is 0 Å². The molecule has 0 bridgehead atoms. The summed E-state index contributed by atoms with van der Waals surface area (Å²) in [5.41, 5.74) is 8.73. The quantitative estimate of drug-likeness (QED) is 0.624. The highest BCUT2D eigenvalue weighted by atomic mass is 16.3. The Bertz CT molecular complexity index is 697. The van der Waals surface area contributed by atoms with Crippen molar-refractivity contribution in [3.8, 4) is 5.75 Å². The minimum atomic E-state index is -0.164. The van der Waals surface area contributed by atoms with Gasteiger partial charge in [0.2, 0.25) is 0 Å². The van der Waals surface area contributed by atoms with E-state index in [2.05, 4.69) is 13.0 Å². The molecule has 2 aromatic carbocycles. The number of carbonyl (C=O) groups is 1. The third-order valence-electron chi connectivity index (χ3n) is 3.86. The molecule has 1 atom stereocenters. The molecule has 1 amide bonds. The minimum absolute atomic E-state index is 0.0471. The monoisotopic (exact) mass is 282 g/mol. The van der Waals surface area contributed by atoms with E-state index in [4.69, 9.17) is 5.73 Å². The fourth-order valence-electron chi connectivity index (χ4n) is 2.86. The molecule has 1 aliphatic rings. The molecule has 1 aliphatic heterocycles. The Morgan fingerprint density at radius 1 is 1.29 bits per heavy atom. The number of hydrogen-bond donors (Lipinski definition) is 2. The molecule has 4 heteroatoms. The molecular formula is C17H18N2O2. The number of carbonyl (C=O) groups excluding carboxylic acids is 1. The van der Waals surface area contributed by atoms with Crippen LogP contribution in [-0.2, 0) is 6.42 Å². The highest BCUT2D eigenvalue weighted by molar-refractivity contribution is 6.10. The number of fused-ring (bicyclic) bond motifs is 1. The Hall–Kier alpha value is -2.49. The molecule has 3 N–H and O–H groups in total. The molecule has 21 heavy (non-hydrogen) atoms. The molecule has 0 fully saturated rings. The van der Waals surface area contributed by atoms with Gasteiger partial charge in [0.25, 0.3) is 5.91 Å². The van der Waals surface area contributed by atoms with Crippen molar-refractivity contribution in [1.82, 2.24) is 0 Å². The van der Waals surface area contributed by atoms with Crippen molar-refractivity contribution < 1.29 is 9.90 Å². The SMILES string of the molecule is CC1Cc2ccccc2N(C(=O)c2cc(O)ccc2N)C1. The van der Waals surface area contributed by atoms with Gasteiger partial charge in [-0.15, -0.1) is 0 Å². The number of nitrogens with two attached hydrogens (primary N) is 1. The Labute approximate surface area is 123 Å². The molecule has 0 saturated heterocycles. The summed E-state index contributed by atoms with van der Waals surface area (Å²) in [5, 5.41) is 9.61. The second-order valence-corrected chi connectivity index (χ2v) is 5.63. The summed E-state index contributed by atoms with van der Waals surface area (Å²) in [4.78, 5) is 14.6. The largest absolute Gasteiger partial charge is 0.508 e. The summed E-state index contributed by atoms with van der Waals surface area (Å²) in [6.45, 7) is 2.78. The molecular weight excluding hydrogens is 264 g/mol. The van der Waals surface area contributed by atoms with Crippen LogP contribution in [0.25, 0.3) is 0 Å². The number of rotatable bonds is 1. The molecule has 4 nitrogen and oxygen atoms in total. The number of para-hydroxylation sites is 1. The number of hydrogen-bond acceptors (Lipinski definition) is 3. The first kappa shape index (κ1) is 13.5. The Balaban J connectivity index is 2.04. The van der Waals surface area contributed by atoms with Crippen LogP contribution in [0.2, 0.25) is 0 Å². The fraction of sp³-hybridized carbons (Fsp3) is 0.235. The smallest absolute Gasteiger partial charge is 0.260 e. The van der Waals surface area contributed by atoms with Gasteiger partial charge < -0.3 is 15.7 Å². The summed E-state index contributed by atoms with van der Waals surface area (Å²) in [5.74, 6) is 0.274. The maximum Gasteiger partial charge on any atom is 0.260 e. The van der Waals surface area contributed by atoms with Crippen molar-refractivity contribution in [2.45, 2.75) is 13.3 Å². The summed E-state index contributed by atoms with van der Waals surface area (Å²) in [6, 6.07) is 12.4. The zero-order valence-corrected chi connectivity index (χ0v) is 11.9. The van der Waals surface area contributed by atoms with Crippen molar-refractivity contribution >= 4 is 17.3 Å². The molecule has 0 aromatic heterocycles. The molecule has 1 unspecified atom stereocenters. The van der Waals surface area contributed by atoms with Crippen LogP contribution in [0.5, 0.6) is 5.75 Å². The lowest BCUT2D eigenvalue weighted by Crippen LogP contribution is -2.39. The predicted molar refractivity (Wildman–Crippen MR) is 83.5 cm³/mol. The topological polar surface area (TPSA) is 66.6 Å². The number of aromatic hydroxyl groups is 1. The lowest BCUT2D eigenvalue weighted by atomic mass is 9.93. The highest BCUT2D eigenvalue weighted by Crippen LogP contribution is 2.32. The summed E-state index contributed by atoms with van der Waals surface area (Å²) >= 11 is 0. The van der Waals surface area contributed by atoms with E-state index in [1.54, 1.807) is 11.0 Å². The van der Waals surface area contributed by atoms with E-state index in [-0.39, 0.29) is 11.7 Å². The van der Waals surface area contributed by atoms with Gasteiger partial charge in [0, 0.05) is 17.9 Å². The maximum atomic E-state index is 12.8. The lowest BCUT2D eigenvalue weighted by molar-refractivity contribution is 0.0981.